The number of aromatic nitrogens is 1. The fourth-order valence-electron chi connectivity index (χ4n) is 2.96. The van der Waals surface area contributed by atoms with Gasteiger partial charge in [-0.25, -0.2) is 17.9 Å². The topological polar surface area (TPSA) is 128 Å². The van der Waals surface area contributed by atoms with E-state index in [0.29, 0.717) is 11.3 Å². The lowest BCUT2D eigenvalue weighted by Crippen LogP contribution is -2.23. The van der Waals surface area contributed by atoms with Crippen molar-refractivity contribution in [3.63, 3.8) is 0 Å². The van der Waals surface area contributed by atoms with Crippen LogP contribution in [-0.2, 0) is 31.5 Å². The standard InChI is InChI=1S/C24H27N3O6S/c1-16-13-22(33-27-16)26-21(28)15-32-23(29)18-7-5-17(6-8-18)14-25-34(30,31)20-11-9-19(10-12-20)24(2,3)4/h5-13,25H,14-15H2,1-4H3,(H,26,28). The highest BCUT2D eigenvalue weighted by Gasteiger charge is 2.18. The molecule has 1 amide bonds. The number of ether oxygens (including phenoxy) is 1. The molecule has 2 aromatic carbocycles. The number of esters is 1. The SMILES string of the molecule is Cc1cc(NC(=O)COC(=O)c2ccc(CNS(=O)(=O)c3ccc(C(C)(C)C)cc3)cc2)on1. The van der Waals surface area contributed by atoms with Gasteiger partial charge in [0.05, 0.1) is 16.2 Å². The quantitative estimate of drug-likeness (QED) is 0.467. The smallest absolute Gasteiger partial charge is 0.338 e. The Bertz CT molecular complexity index is 1260. The van der Waals surface area contributed by atoms with Gasteiger partial charge in [0.15, 0.2) is 6.61 Å². The zero-order valence-electron chi connectivity index (χ0n) is 19.4. The minimum Gasteiger partial charge on any atom is -0.452 e. The first-order valence-electron chi connectivity index (χ1n) is 10.5. The Kier molecular flexibility index (Phi) is 7.53. The van der Waals surface area contributed by atoms with E-state index >= 15 is 0 Å². The normalized spacial score (nSPS) is 11.8. The lowest BCUT2D eigenvalue weighted by molar-refractivity contribution is -0.119. The zero-order valence-corrected chi connectivity index (χ0v) is 20.2. The van der Waals surface area contributed by atoms with Gasteiger partial charge in [-0.15, -0.1) is 0 Å². The van der Waals surface area contributed by atoms with Crippen molar-refractivity contribution in [1.82, 2.24) is 9.88 Å². The second-order valence-electron chi connectivity index (χ2n) is 8.75. The monoisotopic (exact) mass is 485 g/mol. The van der Waals surface area contributed by atoms with Gasteiger partial charge in [-0.3, -0.25) is 10.1 Å². The van der Waals surface area contributed by atoms with E-state index in [1.54, 1.807) is 31.2 Å². The van der Waals surface area contributed by atoms with Crippen LogP contribution < -0.4 is 10.0 Å². The van der Waals surface area contributed by atoms with Gasteiger partial charge in [0, 0.05) is 12.6 Å². The van der Waals surface area contributed by atoms with Gasteiger partial charge in [-0.05, 0) is 47.7 Å². The van der Waals surface area contributed by atoms with Crippen LogP contribution in [-0.4, -0.2) is 32.1 Å². The van der Waals surface area contributed by atoms with Gasteiger partial charge in [0.25, 0.3) is 5.91 Å². The van der Waals surface area contributed by atoms with Crippen LogP contribution in [0.25, 0.3) is 0 Å². The third-order valence-electron chi connectivity index (χ3n) is 4.91. The number of rotatable bonds is 8. The van der Waals surface area contributed by atoms with E-state index in [9.17, 15) is 18.0 Å². The van der Waals surface area contributed by atoms with Crippen molar-refractivity contribution in [2.75, 3.05) is 11.9 Å². The van der Waals surface area contributed by atoms with E-state index in [-0.39, 0.29) is 28.3 Å². The van der Waals surface area contributed by atoms with Crippen molar-refractivity contribution in [2.45, 2.75) is 44.6 Å². The van der Waals surface area contributed by atoms with Gasteiger partial charge in [0.2, 0.25) is 15.9 Å². The number of nitrogens with one attached hydrogen (secondary N) is 2. The Labute approximate surface area is 198 Å². The molecule has 0 aliphatic carbocycles. The minimum atomic E-state index is -3.69. The maximum atomic E-state index is 12.6. The Morgan fingerprint density at radius 3 is 2.24 bits per heavy atom. The van der Waals surface area contributed by atoms with Gasteiger partial charge in [0.1, 0.15) is 0 Å². The van der Waals surface area contributed by atoms with Crippen molar-refractivity contribution in [1.29, 1.82) is 0 Å². The van der Waals surface area contributed by atoms with E-state index in [1.165, 1.54) is 18.2 Å². The molecular formula is C24H27N3O6S. The highest BCUT2D eigenvalue weighted by atomic mass is 32.2. The van der Waals surface area contributed by atoms with Crippen LogP contribution in [0.5, 0.6) is 0 Å². The highest BCUT2D eigenvalue weighted by Crippen LogP contribution is 2.23. The number of sulfonamides is 1. The molecule has 0 bridgehead atoms. The van der Waals surface area contributed by atoms with Crippen LogP contribution in [0.4, 0.5) is 5.88 Å². The van der Waals surface area contributed by atoms with E-state index in [4.69, 9.17) is 9.26 Å². The second kappa shape index (κ2) is 10.2. The lowest BCUT2D eigenvalue weighted by Gasteiger charge is -2.19. The number of carbonyl (C=O) groups is 2. The average molecular weight is 486 g/mol. The molecule has 3 aromatic rings. The summed E-state index contributed by atoms with van der Waals surface area (Å²) in [5.41, 5.74) is 2.46. The molecule has 9 nitrogen and oxygen atoms in total. The average Bonchev–Trinajstić information content (AvgIpc) is 3.20. The van der Waals surface area contributed by atoms with Crippen LogP contribution in [0.3, 0.4) is 0 Å². The van der Waals surface area contributed by atoms with Gasteiger partial charge < -0.3 is 9.26 Å². The molecule has 0 saturated heterocycles. The molecule has 34 heavy (non-hydrogen) atoms. The summed E-state index contributed by atoms with van der Waals surface area (Å²) in [6, 6.07) is 14.5. The molecule has 0 radical (unpaired) electrons. The molecule has 0 atom stereocenters. The molecule has 0 spiro atoms. The molecular weight excluding hydrogens is 458 g/mol. The van der Waals surface area contributed by atoms with Gasteiger partial charge in [-0.2, -0.15) is 0 Å². The number of hydrogen-bond acceptors (Lipinski definition) is 7. The Hall–Kier alpha value is -3.50. The number of nitrogens with zero attached hydrogens (tertiary/aromatic N) is 1. The van der Waals surface area contributed by atoms with Crippen molar-refractivity contribution < 1.29 is 27.3 Å². The number of aryl methyl sites for hydroxylation is 1. The van der Waals surface area contributed by atoms with Crippen molar-refractivity contribution in [3.05, 3.63) is 77.0 Å². The molecule has 1 heterocycles. The predicted octanol–water partition coefficient (Wildman–Crippen LogP) is 3.55. The molecule has 0 aliphatic heterocycles. The Morgan fingerprint density at radius 2 is 1.68 bits per heavy atom. The fraction of sp³-hybridized carbons (Fsp3) is 0.292. The largest absolute Gasteiger partial charge is 0.452 e. The number of amides is 1. The summed E-state index contributed by atoms with van der Waals surface area (Å²) < 4.78 is 37.6. The summed E-state index contributed by atoms with van der Waals surface area (Å²) in [6.07, 6.45) is 0. The maximum Gasteiger partial charge on any atom is 0.338 e. The summed E-state index contributed by atoms with van der Waals surface area (Å²) in [5.74, 6) is -1.09. The number of benzene rings is 2. The summed E-state index contributed by atoms with van der Waals surface area (Å²) >= 11 is 0. The fourth-order valence-corrected chi connectivity index (χ4v) is 3.98. The number of anilines is 1. The first kappa shape index (κ1) is 25.1. The van der Waals surface area contributed by atoms with Gasteiger partial charge in [-0.1, -0.05) is 50.2 Å². The summed E-state index contributed by atoms with van der Waals surface area (Å²) in [5, 5.41) is 6.06. The molecule has 2 N–H and O–H groups in total. The first-order chi connectivity index (χ1) is 15.9. The Morgan fingerprint density at radius 1 is 1.03 bits per heavy atom. The van der Waals surface area contributed by atoms with Crippen molar-refractivity contribution >= 4 is 27.8 Å². The lowest BCUT2D eigenvalue weighted by atomic mass is 9.87. The van der Waals surface area contributed by atoms with E-state index < -0.39 is 28.5 Å². The molecule has 0 saturated carbocycles. The predicted molar refractivity (Wildman–Crippen MR) is 126 cm³/mol. The van der Waals surface area contributed by atoms with Crippen LogP contribution >= 0.6 is 0 Å². The number of carbonyl (C=O) groups excluding carboxylic acids is 2. The molecule has 180 valence electrons. The summed E-state index contributed by atoms with van der Waals surface area (Å²) in [7, 11) is -3.69. The van der Waals surface area contributed by atoms with Gasteiger partial charge >= 0.3 is 5.97 Å². The third kappa shape index (κ3) is 6.75. The second-order valence-corrected chi connectivity index (χ2v) is 10.5. The zero-order chi connectivity index (χ0) is 24.9. The van der Waals surface area contributed by atoms with Crippen LogP contribution in [0.15, 0.2) is 64.0 Å². The highest BCUT2D eigenvalue weighted by molar-refractivity contribution is 7.89. The maximum absolute atomic E-state index is 12.6. The molecule has 10 heteroatoms. The van der Waals surface area contributed by atoms with E-state index in [0.717, 1.165) is 5.56 Å². The van der Waals surface area contributed by atoms with Crippen LogP contribution in [0.1, 0.15) is 48.0 Å². The molecule has 0 fully saturated rings. The van der Waals surface area contributed by atoms with Crippen LogP contribution in [0.2, 0.25) is 0 Å². The van der Waals surface area contributed by atoms with E-state index in [1.807, 2.05) is 12.1 Å². The van der Waals surface area contributed by atoms with Crippen molar-refractivity contribution in [3.8, 4) is 0 Å². The van der Waals surface area contributed by atoms with E-state index in [2.05, 4.69) is 36.0 Å². The minimum absolute atomic E-state index is 0.0533. The molecule has 0 unspecified atom stereocenters. The Balaban J connectivity index is 1.51. The van der Waals surface area contributed by atoms with Crippen LogP contribution in [0, 0.1) is 6.92 Å². The summed E-state index contributed by atoms with van der Waals surface area (Å²) in [6.45, 7) is 7.44. The summed E-state index contributed by atoms with van der Waals surface area (Å²) in [4.78, 5) is 24.2. The number of hydrogen-bond donors (Lipinski definition) is 2. The molecule has 1 aromatic heterocycles. The van der Waals surface area contributed by atoms with Crippen molar-refractivity contribution in [2.24, 2.45) is 0 Å². The molecule has 0 aliphatic rings. The third-order valence-corrected chi connectivity index (χ3v) is 6.33. The molecule has 3 rings (SSSR count). The first-order valence-corrected chi connectivity index (χ1v) is 12.0.